The van der Waals surface area contributed by atoms with Gasteiger partial charge in [0.2, 0.25) is 0 Å². The molecule has 0 radical (unpaired) electrons. The van der Waals surface area contributed by atoms with Gasteiger partial charge in [0.25, 0.3) is 5.91 Å². The minimum atomic E-state index is -1.56. The summed E-state index contributed by atoms with van der Waals surface area (Å²) < 4.78 is 39.0. The second kappa shape index (κ2) is 7.13. The molecule has 1 aliphatic rings. The van der Waals surface area contributed by atoms with Gasteiger partial charge in [0, 0.05) is 18.7 Å². The molecule has 7 heteroatoms. The normalized spacial score (nSPS) is 21.5. The van der Waals surface area contributed by atoms with Crippen molar-refractivity contribution < 1.29 is 18.0 Å². The fraction of sp³-hybridized carbons (Fsp3) is 0.500. The van der Waals surface area contributed by atoms with Crippen molar-refractivity contribution in [3.05, 3.63) is 35.1 Å². The van der Waals surface area contributed by atoms with Crippen molar-refractivity contribution >= 4 is 18.3 Å². The average Bonchev–Trinajstić information content (AvgIpc) is 2.42. The summed E-state index contributed by atoms with van der Waals surface area (Å²) >= 11 is 0. The Morgan fingerprint density at radius 3 is 2.48 bits per heavy atom. The quantitative estimate of drug-likeness (QED) is 0.840. The predicted molar refractivity (Wildman–Crippen MR) is 76.1 cm³/mol. The average molecular weight is 323 g/mol. The Kier molecular flexibility index (Phi) is 6.04. The number of carbonyl (C=O) groups excluding carboxylic acids is 1. The van der Waals surface area contributed by atoms with Crippen LogP contribution in [0.15, 0.2) is 12.1 Å². The summed E-state index contributed by atoms with van der Waals surface area (Å²) in [6.07, 6.45) is 1.98. The molecule has 2 N–H and O–H groups in total. The molecule has 1 aromatic carbocycles. The number of rotatable bonds is 3. The summed E-state index contributed by atoms with van der Waals surface area (Å²) in [6.45, 7) is 4.17. The molecule has 1 unspecified atom stereocenters. The van der Waals surface area contributed by atoms with E-state index in [1.54, 1.807) is 0 Å². The van der Waals surface area contributed by atoms with Crippen LogP contribution in [-0.4, -0.2) is 25.5 Å². The van der Waals surface area contributed by atoms with Crippen LogP contribution in [0.1, 0.15) is 30.1 Å². The summed E-state index contributed by atoms with van der Waals surface area (Å²) in [7, 11) is 0. The van der Waals surface area contributed by atoms with Crippen LogP contribution in [0, 0.1) is 22.9 Å². The molecule has 118 valence electrons. The van der Waals surface area contributed by atoms with Crippen LogP contribution in [0.2, 0.25) is 0 Å². The molecule has 1 fully saturated rings. The molecule has 3 nitrogen and oxygen atoms in total. The first-order valence-electron chi connectivity index (χ1n) is 6.55. The number of hydrogen-bond donors (Lipinski definition) is 2. The van der Waals surface area contributed by atoms with Gasteiger partial charge >= 0.3 is 0 Å². The Labute approximate surface area is 127 Å². The zero-order valence-electron chi connectivity index (χ0n) is 11.6. The van der Waals surface area contributed by atoms with E-state index in [4.69, 9.17) is 0 Å². The molecular weight excluding hydrogens is 305 g/mol. The van der Waals surface area contributed by atoms with Crippen molar-refractivity contribution in [2.45, 2.75) is 19.8 Å². The lowest BCUT2D eigenvalue weighted by Gasteiger charge is -2.34. The van der Waals surface area contributed by atoms with Gasteiger partial charge in [-0.1, -0.05) is 6.92 Å². The fourth-order valence-corrected chi connectivity index (χ4v) is 2.35. The van der Waals surface area contributed by atoms with Crippen LogP contribution in [0.5, 0.6) is 0 Å². The summed E-state index contributed by atoms with van der Waals surface area (Å²) in [5.74, 6) is -4.89. The number of piperidine rings is 1. The monoisotopic (exact) mass is 322 g/mol. The van der Waals surface area contributed by atoms with Crippen LogP contribution in [0.4, 0.5) is 13.2 Å². The van der Waals surface area contributed by atoms with E-state index in [1.807, 2.05) is 6.92 Å². The highest BCUT2D eigenvalue weighted by Gasteiger charge is 2.27. The van der Waals surface area contributed by atoms with E-state index in [9.17, 15) is 18.0 Å². The maximum Gasteiger partial charge on any atom is 0.251 e. The van der Waals surface area contributed by atoms with Crippen molar-refractivity contribution in [1.82, 2.24) is 10.6 Å². The molecule has 0 saturated carbocycles. The zero-order chi connectivity index (χ0) is 14.8. The highest BCUT2D eigenvalue weighted by molar-refractivity contribution is 5.94. The Bertz CT molecular complexity index is 496. The Morgan fingerprint density at radius 2 is 1.95 bits per heavy atom. The molecule has 0 bridgehead atoms. The maximum atomic E-state index is 13.1. The van der Waals surface area contributed by atoms with Gasteiger partial charge in [-0.05, 0) is 36.9 Å². The topological polar surface area (TPSA) is 41.1 Å². The summed E-state index contributed by atoms with van der Waals surface area (Å²) in [5, 5.41) is 5.89. The first-order chi connectivity index (χ1) is 9.41. The second-order valence-electron chi connectivity index (χ2n) is 5.53. The first kappa shape index (κ1) is 17.8. The Morgan fingerprint density at radius 1 is 1.33 bits per heavy atom. The lowest BCUT2D eigenvalue weighted by atomic mass is 9.83. The molecule has 1 amide bonds. The number of carbonyl (C=O) groups is 1. The first-order valence-corrected chi connectivity index (χ1v) is 6.55. The van der Waals surface area contributed by atoms with Crippen molar-refractivity contribution in [2.24, 2.45) is 5.41 Å². The number of amides is 1. The minimum Gasteiger partial charge on any atom is -0.351 e. The molecule has 1 atom stereocenters. The summed E-state index contributed by atoms with van der Waals surface area (Å²) in [4.78, 5) is 11.9. The van der Waals surface area contributed by atoms with Crippen LogP contribution < -0.4 is 10.6 Å². The molecule has 0 spiro atoms. The van der Waals surface area contributed by atoms with Gasteiger partial charge in [-0.25, -0.2) is 13.2 Å². The summed E-state index contributed by atoms with van der Waals surface area (Å²) in [6, 6.07) is 1.41. The molecule has 1 heterocycles. The van der Waals surface area contributed by atoms with E-state index >= 15 is 0 Å². The van der Waals surface area contributed by atoms with E-state index in [0.29, 0.717) is 18.7 Å². The Balaban J connectivity index is 0.00000220. The van der Waals surface area contributed by atoms with Gasteiger partial charge in [0.1, 0.15) is 0 Å². The second-order valence-corrected chi connectivity index (χ2v) is 5.53. The molecule has 1 aliphatic heterocycles. The van der Waals surface area contributed by atoms with Crippen molar-refractivity contribution in [3.63, 3.8) is 0 Å². The van der Waals surface area contributed by atoms with Gasteiger partial charge in [-0.15, -0.1) is 12.4 Å². The third kappa shape index (κ3) is 4.35. The number of halogens is 4. The molecule has 1 aromatic rings. The molecule has 0 aliphatic carbocycles. The fourth-order valence-electron chi connectivity index (χ4n) is 2.35. The largest absolute Gasteiger partial charge is 0.351 e. The van der Waals surface area contributed by atoms with Gasteiger partial charge in [-0.3, -0.25) is 4.79 Å². The van der Waals surface area contributed by atoms with E-state index in [-0.39, 0.29) is 23.4 Å². The highest BCUT2D eigenvalue weighted by Crippen LogP contribution is 2.24. The molecular formula is C14H18ClF3N2O. The number of nitrogens with one attached hydrogen (secondary N) is 2. The van der Waals surface area contributed by atoms with E-state index in [2.05, 4.69) is 10.6 Å². The third-order valence-corrected chi connectivity index (χ3v) is 3.61. The smallest absolute Gasteiger partial charge is 0.251 e. The van der Waals surface area contributed by atoms with Gasteiger partial charge in [-0.2, -0.15) is 0 Å². The maximum absolute atomic E-state index is 13.1. The van der Waals surface area contributed by atoms with Crippen molar-refractivity contribution in [1.29, 1.82) is 0 Å². The van der Waals surface area contributed by atoms with Crippen LogP contribution in [0.25, 0.3) is 0 Å². The highest BCUT2D eigenvalue weighted by atomic mass is 35.5. The predicted octanol–water partition coefficient (Wildman–Crippen LogP) is 2.65. The van der Waals surface area contributed by atoms with Crippen molar-refractivity contribution in [2.75, 3.05) is 19.6 Å². The number of hydrogen-bond acceptors (Lipinski definition) is 2. The molecule has 1 saturated heterocycles. The third-order valence-electron chi connectivity index (χ3n) is 3.61. The van der Waals surface area contributed by atoms with Gasteiger partial charge < -0.3 is 10.6 Å². The van der Waals surface area contributed by atoms with Crippen LogP contribution in [0.3, 0.4) is 0 Å². The lowest BCUT2D eigenvalue weighted by Crippen LogP contribution is -2.45. The zero-order valence-corrected chi connectivity index (χ0v) is 12.5. The summed E-state index contributed by atoms with van der Waals surface area (Å²) in [5.41, 5.74) is -0.292. The van der Waals surface area contributed by atoms with Crippen LogP contribution in [-0.2, 0) is 0 Å². The van der Waals surface area contributed by atoms with Crippen molar-refractivity contribution in [3.8, 4) is 0 Å². The lowest BCUT2D eigenvalue weighted by molar-refractivity contribution is 0.0923. The van der Waals surface area contributed by atoms with Gasteiger partial charge in [0.05, 0.1) is 0 Å². The van der Waals surface area contributed by atoms with Crippen LogP contribution >= 0.6 is 12.4 Å². The molecule has 21 heavy (non-hydrogen) atoms. The Hall–Kier alpha value is -1.27. The SMILES string of the molecule is CC1(CNC(=O)c2cc(F)c(F)c(F)c2)CCCNC1.Cl. The van der Waals surface area contributed by atoms with E-state index in [1.165, 1.54) is 0 Å². The number of benzene rings is 1. The molecule has 0 aromatic heterocycles. The standard InChI is InChI=1S/C14H17F3N2O.ClH/c1-14(3-2-4-18-7-14)8-19-13(20)9-5-10(15)12(17)11(16)6-9;/h5-6,18H,2-4,7-8H2,1H3,(H,19,20);1H. The molecule has 2 rings (SSSR count). The van der Waals surface area contributed by atoms with Gasteiger partial charge in [0.15, 0.2) is 17.5 Å². The van der Waals surface area contributed by atoms with E-state index < -0.39 is 23.4 Å². The minimum absolute atomic E-state index is 0. The van der Waals surface area contributed by atoms with E-state index in [0.717, 1.165) is 25.9 Å².